The fourth-order valence-corrected chi connectivity index (χ4v) is 4.26. The highest BCUT2D eigenvalue weighted by molar-refractivity contribution is 7.89. The van der Waals surface area contributed by atoms with Crippen LogP contribution in [0.3, 0.4) is 0 Å². The summed E-state index contributed by atoms with van der Waals surface area (Å²) in [4.78, 5) is 26.0. The average Bonchev–Trinajstić information content (AvgIpc) is 2.59. The highest BCUT2D eigenvalue weighted by Gasteiger charge is 2.32. The average molecular weight is 415 g/mol. The number of benzene rings is 1. The van der Waals surface area contributed by atoms with E-state index >= 15 is 0 Å². The Morgan fingerprint density at radius 3 is 2.11 bits per heavy atom. The molecular formula is C18H27FN4O4S. The van der Waals surface area contributed by atoms with E-state index < -0.39 is 39.4 Å². The van der Waals surface area contributed by atoms with Gasteiger partial charge >= 0.3 is 6.03 Å². The van der Waals surface area contributed by atoms with Crippen LogP contribution >= 0.6 is 0 Å². The monoisotopic (exact) mass is 414 g/mol. The molecule has 2 rings (SSSR count). The molecule has 0 aromatic heterocycles. The number of sulfonamides is 1. The molecule has 1 saturated heterocycles. The summed E-state index contributed by atoms with van der Waals surface area (Å²) in [6.07, 6.45) is 0. The van der Waals surface area contributed by atoms with Gasteiger partial charge in [0, 0.05) is 31.7 Å². The van der Waals surface area contributed by atoms with Gasteiger partial charge in [0.1, 0.15) is 5.82 Å². The van der Waals surface area contributed by atoms with Crippen molar-refractivity contribution in [3.63, 3.8) is 0 Å². The number of piperazine rings is 1. The van der Waals surface area contributed by atoms with E-state index in [1.165, 1.54) is 16.4 Å². The van der Waals surface area contributed by atoms with Crippen molar-refractivity contribution in [1.82, 2.24) is 19.8 Å². The zero-order chi connectivity index (χ0) is 21.1. The summed E-state index contributed by atoms with van der Waals surface area (Å²) in [6, 6.07) is 3.54. The van der Waals surface area contributed by atoms with Crippen molar-refractivity contribution in [2.45, 2.75) is 44.2 Å². The minimum absolute atomic E-state index is 0.0343. The summed E-state index contributed by atoms with van der Waals surface area (Å²) >= 11 is 0. The Labute approximate surface area is 165 Å². The largest absolute Gasteiger partial charge is 0.333 e. The number of carbonyl (C=O) groups is 2. The van der Waals surface area contributed by atoms with Crippen LogP contribution in [0.5, 0.6) is 0 Å². The van der Waals surface area contributed by atoms with Gasteiger partial charge < -0.3 is 5.32 Å². The topological polar surface area (TPSA) is 98.8 Å². The summed E-state index contributed by atoms with van der Waals surface area (Å²) in [5, 5.41) is 4.96. The van der Waals surface area contributed by atoms with Gasteiger partial charge in [-0.25, -0.2) is 17.6 Å². The zero-order valence-corrected chi connectivity index (χ0v) is 17.3. The van der Waals surface area contributed by atoms with Crippen LogP contribution in [0.1, 0.15) is 27.7 Å². The second kappa shape index (κ2) is 8.54. The van der Waals surface area contributed by atoms with Crippen LogP contribution in [0.2, 0.25) is 0 Å². The Kier molecular flexibility index (Phi) is 6.79. The predicted octanol–water partition coefficient (Wildman–Crippen LogP) is 1.14. The molecule has 2 N–H and O–H groups in total. The molecule has 0 saturated carbocycles. The molecule has 0 radical (unpaired) electrons. The third kappa shape index (κ3) is 5.73. The number of rotatable bonds is 4. The number of carbonyl (C=O) groups excluding carboxylic acids is 2. The lowest BCUT2D eigenvalue weighted by Crippen LogP contribution is -2.57. The number of amides is 3. The predicted molar refractivity (Wildman–Crippen MR) is 103 cm³/mol. The molecule has 1 aliphatic rings. The Morgan fingerprint density at radius 1 is 1.07 bits per heavy atom. The van der Waals surface area contributed by atoms with Crippen molar-refractivity contribution in [1.29, 1.82) is 0 Å². The maximum absolute atomic E-state index is 13.0. The van der Waals surface area contributed by atoms with Crippen LogP contribution < -0.4 is 10.6 Å². The highest BCUT2D eigenvalue weighted by Crippen LogP contribution is 2.18. The number of urea groups is 1. The molecule has 10 heteroatoms. The summed E-state index contributed by atoms with van der Waals surface area (Å²) < 4.78 is 39.6. The second-order valence-electron chi connectivity index (χ2n) is 7.76. The van der Waals surface area contributed by atoms with Gasteiger partial charge in [0.15, 0.2) is 0 Å². The quantitative estimate of drug-likeness (QED) is 0.770. The van der Waals surface area contributed by atoms with Crippen molar-refractivity contribution in [2.24, 2.45) is 0 Å². The number of hydrogen-bond acceptors (Lipinski definition) is 5. The lowest BCUT2D eigenvalue weighted by Gasteiger charge is -2.36. The van der Waals surface area contributed by atoms with Crippen LogP contribution in [0, 0.1) is 5.82 Å². The molecule has 156 valence electrons. The summed E-state index contributed by atoms with van der Waals surface area (Å²) in [5.74, 6) is -0.948. The van der Waals surface area contributed by atoms with Crippen LogP contribution in [0.4, 0.5) is 9.18 Å². The lowest BCUT2D eigenvalue weighted by molar-refractivity contribution is -0.125. The molecule has 0 bridgehead atoms. The van der Waals surface area contributed by atoms with Gasteiger partial charge in [0.05, 0.1) is 10.9 Å². The smallest absolute Gasteiger partial charge is 0.321 e. The van der Waals surface area contributed by atoms with Gasteiger partial charge in [-0.1, -0.05) is 0 Å². The molecule has 1 fully saturated rings. The number of hydrogen-bond donors (Lipinski definition) is 2. The van der Waals surface area contributed by atoms with Crippen LogP contribution in [-0.4, -0.2) is 67.3 Å². The number of nitrogens with one attached hydrogen (secondary N) is 2. The molecule has 3 amide bonds. The van der Waals surface area contributed by atoms with Crippen LogP contribution in [-0.2, 0) is 14.8 Å². The van der Waals surface area contributed by atoms with Crippen molar-refractivity contribution in [3.8, 4) is 0 Å². The highest BCUT2D eigenvalue weighted by atomic mass is 32.2. The van der Waals surface area contributed by atoms with Crippen LogP contribution in [0.25, 0.3) is 0 Å². The van der Waals surface area contributed by atoms with E-state index in [-0.39, 0.29) is 18.0 Å². The maximum Gasteiger partial charge on any atom is 0.321 e. The molecule has 0 aliphatic carbocycles. The summed E-state index contributed by atoms with van der Waals surface area (Å²) in [6.45, 7) is 8.18. The van der Waals surface area contributed by atoms with Gasteiger partial charge in [0.25, 0.3) is 0 Å². The third-order valence-electron chi connectivity index (χ3n) is 4.38. The standard InChI is InChI=1S/C18H27FN4O4S/c1-13(16(24)20-17(25)21-18(2,3)4)22-9-11-23(12-10-22)28(26,27)15-7-5-14(19)6-8-15/h5-8,13H,9-12H2,1-4H3,(H2,20,21,24,25)/t13-/m0/s1. The van der Waals surface area contributed by atoms with Gasteiger partial charge in [-0.05, 0) is 52.0 Å². The zero-order valence-electron chi connectivity index (χ0n) is 16.5. The van der Waals surface area contributed by atoms with E-state index in [4.69, 9.17) is 0 Å². The Hall–Kier alpha value is -2.04. The Morgan fingerprint density at radius 2 is 1.61 bits per heavy atom. The van der Waals surface area contributed by atoms with Crippen molar-refractivity contribution in [3.05, 3.63) is 30.1 Å². The first kappa shape index (κ1) is 22.3. The number of nitrogens with zero attached hydrogens (tertiary/aromatic N) is 2. The molecule has 1 atom stereocenters. The van der Waals surface area contributed by atoms with E-state index in [0.717, 1.165) is 12.1 Å². The van der Waals surface area contributed by atoms with E-state index in [2.05, 4.69) is 10.6 Å². The lowest BCUT2D eigenvalue weighted by atomic mass is 10.1. The molecule has 0 unspecified atom stereocenters. The molecule has 28 heavy (non-hydrogen) atoms. The van der Waals surface area contributed by atoms with Crippen molar-refractivity contribution < 1.29 is 22.4 Å². The van der Waals surface area contributed by atoms with Gasteiger partial charge in [-0.15, -0.1) is 0 Å². The van der Waals surface area contributed by atoms with E-state index in [1.807, 2.05) is 4.90 Å². The van der Waals surface area contributed by atoms with Crippen molar-refractivity contribution in [2.75, 3.05) is 26.2 Å². The van der Waals surface area contributed by atoms with Gasteiger partial charge in [0.2, 0.25) is 15.9 Å². The van der Waals surface area contributed by atoms with Gasteiger partial charge in [-0.2, -0.15) is 4.31 Å². The molecule has 1 aliphatic heterocycles. The summed E-state index contributed by atoms with van der Waals surface area (Å²) in [7, 11) is -3.71. The molecule has 1 heterocycles. The third-order valence-corrected chi connectivity index (χ3v) is 6.29. The normalized spacial score (nSPS) is 17.8. The molecule has 1 aromatic carbocycles. The first-order chi connectivity index (χ1) is 12.9. The minimum atomic E-state index is -3.71. The maximum atomic E-state index is 13.0. The Balaban J connectivity index is 1.93. The SMILES string of the molecule is C[C@@H](C(=O)NC(=O)NC(C)(C)C)N1CCN(S(=O)(=O)c2ccc(F)cc2)CC1. The Bertz CT molecular complexity index is 813. The molecular weight excluding hydrogens is 387 g/mol. The van der Waals surface area contributed by atoms with Crippen LogP contribution in [0.15, 0.2) is 29.2 Å². The molecule has 0 spiro atoms. The molecule has 1 aromatic rings. The first-order valence-electron chi connectivity index (χ1n) is 9.03. The van der Waals surface area contributed by atoms with Crippen molar-refractivity contribution >= 4 is 22.0 Å². The number of halogens is 1. The van der Waals surface area contributed by atoms with E-state index in [0.29, 0.717) is 13.1 Å². The molecule has 8 nitrogen and oxygen atoms in total. The minimum Gasteiger partial charge on any atom is -0.333 e. The second-order valence-corrected chi connectivity index (χ2v) is 9.70. The number of imide groups is 1. The fourth-order valence-electron chi connectivity index (χ4n) is 2.84. The summed E-state index contributed by atoms with van der Waals surface area (Å²) in [5.41, 5.74) is -0.464. The van der Waals surface area contributed by atoms with E-state index in [9.17, 15) is 22.4 Å². The van der Waals surface area contributed by atoms with Gasteiger partial charge in [-0.3, -0.25) is 15.0 Å². The fraction of sp³-hybridized carbons (Fsp3) is 0.556. The van der Waals surface area contributed by atoms with E-state index in [1.54, 1.807) is 27.7 Å². The first-order valence-corrected chi connectivity index (χ1v) is 10.5.